The fourth-order valence-electron chi connectivity index (χ4n) is 3.99. The van der Waals surface area contributed by atoms with Crippen molar-refractivity contribution in [2.75, 3.05) is 26.2 Å². The lowest BCUT2D eigenvalue weighted by Crippen LogP contribution is -2.46. The highest BCUT2D eigenvalue weighted by Crippen LogP contribution is 2.23. The number of likely N-dealkylation sites (tertiary alicyclic amines) is 1. The molecule has 0 spiro atoms. The van der Waals surface area contributed by atoms with Crippen LogP contribution in [0, 0.1) is 5.92 Å². The summed E-state index contributed by atoms with van der Waals surface area (Å²) in [6, 6.07) is 7.97. The first kappa shape index (κ1) is 19.9. The highest BCUT2D eigenvalue weighted by Gasteiger charge is 2.27. The Bertz CT molecular complexity index is 657. The zero-order chi connectivity index (χ0) is 19.4. The number of hydrogen-bond acceptors (Lipinski definition) is 3. The molecule has 1 aromatic carbocycles. The Hall–Kier alpha value is -1.88. The van der Waals surface area contributed by atoms with Crippen molar-refractivity contribution in [2.24, 2.45) is 5.92 Å². The minimum absolute atomic E-state index is 0.0346. The standard InChI is InChI=1S/C22H33N3O2/c1-22(2,3)18-10-8-17(9-11-18)21(27)25-13-5-6-16(15-25)14-24-20(26)19-7-4-12-23-19/h8-11,16,19,23H,4-7,12-15H2,1-3H3,(H,24,26). The number of amides is 2. The number of nitrogens with zero attached hydrogens (tertiary/aromatic N) is 1. The molecule has 27 heavy (non-hydrogen) atoms. The number of carbonyl (C=O) groups is 2. The quantitative estimate of drug-likeness (QED) is 0.855. The Labute approximate surface area is 162 Å². The zero-order valence-electron chi connectivity index (χ0n) is 16.9. The molecule has 0 radical (unpaired) electrons. The van der Waals surface area contributed by atoms with Gasteiger partial charge < -0.3 is 15.5 Å². The minimum atomic E-state index is -0.0346. The van der Waals surface area contributed by atoms with Crippen LogP contribution in [0.25, 0.3) is 0 Å². The van der Waals surface area contributed by atoms with Gasteiger partial charge in [-0.1, -0.05) is 32.9 Å². The van der Waals surface area contributed by atoms with Gasteiger partial charge in [0.2, 0.25) is 5.91 Å². The summed E-state index contributed by atoms with van der Waals surface area (Å²) in [5, 5.41) is 6.31. The molecule has 1 aromatic rings. The molecule has 0 aliphatic carbocycles. The summed E-state index contributed by atoms with van der Waals surface area (Å²) in [5.41, 5.74) is 2.08. The first-order valence-electron chi connectivity index (χ1n) is 10.3. The van der Waals surface area contributed by atoms with Gasteiger partial charge in [-0.05, 0) is 61.3 Å². The summed E-state index contributed by atoms with van der Waals surface area (Å²) in [6.45, 7) is 9.63. The second-order valence-corrected chi connectivity index (χ2v) is 8.98. The van der Waals surface area contributed by atoms with Gasteiger partial charge in [-0.15, -0.1) is 0 Å². The lowest BCUT2D eigenvalue weighted by Gasteiger charge is -2.33. The van der Waals surface area contributed by atoms with E-state index in [-0.39, 0.29) is 23.3 Å². The van der Waals surface area contributed by atoms with Crippen LogP contribution in [0.2, 0.25) is 0 Å². The van der Waals surface area contributed by atoms with Crippen molar-refractivity contribution >= 4 is 11.8 Å². The highest BCUT2D eigenvalue weighted by molar-refractivity contribution is 5.94. The third-order valence-electron chi connectivity index (χ3n) is 5.75. The van der Waals surface area contributed by atoms with Crippen molar-refractivity contribution in [1.82, 2.24) is 15.5 Å². The molecule has 0 aromatic heterocycles. The third-order valence-corrected chi connectivity index (χ3v) is 5.75. The molecule has 2 atom stereocenters. The molecule has 5 heteroatoms. The highest BCUT2D eigenvalue weighted by atomic mass is 16.2. The average molecular weight is 372 g/mol. The van der Waals surface area contributed by atoms with E-state index in [0.717, 1.165) is 50.9 Å². The summed E-state index contributed by atoms with van der Waals surface area (Å²) in [6.07, 6.45) is 4.04. The Morgan fingerprint density at radius 3 is 2.52 bits per heavy atom. The fraction of sp³-hybridized carbons (Fsp3) is 0.636. The number of benzene rings is 1. The molecule has 0 bridgehead atoms. The van der Waals surface area contributed by atoms with E-state index in [1.54, 1.807) is 0 Å². The van der Waals surface area contributed by atoms with Crippen LogP contribution in [0.3, 0.4) is 0 Å². The van der Waals surface area contributed by atoms with E-state index in [0.29, 0.717) is 12.5 Å². The predicted molar refractivity (Wildman–Crippen MR) is 108 cm³/mol. The molecule has 2 saturated heterocycles. The summed E-state index contributed by atoms with van der Waals surface area (Å²) in [5.74, 6) is 0.541. The van der Waals surface area contributed by atoms with Gasteiger partial charge in [0.1, 0.15) is 0 Å². The predicted octanol–water partition coefficient (Wildman–Crippen LogP) is 2.70. The van der Waals surface area contributed by atoms with Crippen LogP contribution in [0.15, 0.2) is 24.3 Å². The number of hydrogen-bond donors (Lipinski definition) is 2. The smallest absolute Gasteiger partial charge is 0.253 e. The Balaban J connectivity index is 1.53. The van der Waals surface area contributed by atoms with E-state index >= 15 is 0 Å². The second-order valence-electron chi connectivity index (χ2n) is 8.98. The monoisotopic (exact) mass is 371 g/mol. The van der Waals surface area contributed by atoms with Gasteiger partial charge in [0.25, 0.3) is 5.91 Å². The van der Waals surface area contributed by atoms with Crippen molar-refractivity contribution in [3.05, 3.63) is 35.4 Å². The lowest BCUT2D eigenvalue weighted by molar-refractivity contribution is -0.123. The van der Waals surface area contributed by atoms with Crippen LogP contribution in [0.4, 0.5) is 0 Å². The van der Waals surface area contributed by atoms with Gasteiger partial charge in [-0.3, -0.25) is 9.59 Å². The van der Waals surface area contributed by atoms with Crippen molar-refractivity contribution in [2.45, 2.75) is 57.9 Å². The largest absolute Gasteiger partial charge is 0.354 e. The Morgan fingerprint density at radius 2 is 1.89 bits per heavy atom. The Morgan fingerprint density at radius 1 is 1.15 bits per heavy atom. The van der Waals surface area contributed by atoms with E-state index in [1.165, 1.54) is 5.56 Å². The summed E-state index contributed by atoms with van der Waals surface area (Å²) >= 11 is 0. The number of nitrogens with one attached hydrogen (secondary N) is 2. The first-order chi connectivity index (χ1) is 12.8. The topological polar surface area (TPSA) is 61.4 Å². The molecule has 0 saturated carbocycles. The van der Waals surface area contributed by atoms with Gasteiger partial charge in [-0.2, -0.15) is 0 Å². The first-order valence-corrected chi connectivity index (χ1v) is 10.3. The molecule has 5 nitrogen and oxygen atoms in total. The summed E-state index contributed by atoms with van der Waals surface area (Å²) in [7, 11) is 0. The molecule has 2 N–H and O–H groups in total. The molecule has 2 aliphatic heterocycles. The van der Waals surface area contributed by atoms with Crippen LogP contribution in [-0.4, -0.2) is 48.9 Å². The maximum absolute atomic E-state index is 12.9. The molecule has 2 amide bonds. The van der Waals surface area contributed by atoms with Crippen LogP contribution in [-0.2, 0) is 10.2 Å². The van der Waals surface area contributed by atoms with Crippen molar-refractivity contribution in [3.8, 4) is 0 Å². The number of carbonyl (C=O) groups excluding carboxylic acids is 2. The molecule has 2 aliphatic rings. The molecular weight excluding hydrogens is 338 g/mol. The van der Waals surface area contributed by atoms with Gasteiger partial charge in [-0.25, -0.2) is 0 Å². The normalized spacial score (nSPS) is 23.3. The van der Waals surface area contributed by atoms with Crippen LogP contribution < -0.4 is 10.6 Å². The van der Waals surface area contributed by atoms with E-state index < -0.39 is 0 Å². The van der Waals surface area contributed by atoms with Crippen molar-refractivity contribution < 1.29 is 9.59 Å². The fourth-order valence-corrected chi connectivity index (χ4v) is 3.99. The molecule has 2 heterocycles. The van der Waals surface area contributed by atoms with Crippen molar-refractivity contribution in [3.63, 3.8) is 0 Å². The van der Waals surface area contributed by atoms with Crippen LogP contribution >= 0.6 is 0 Å². The van der Waals surface area contributed by atoms with Gasteiger partial charge in [0.15, 0.2) is 0 Å². The summed E-state index contributed by atoms with van der Waals surface area (Å²) < 4.78 is 0. The van der Waals surface area contributed by atoms with E-state index in [4.69, 9.17) is 0 Å². The third kappa shape index (κ3) is 5.10. The maximum Gasteiger partial charge on any atom is 0.253 e. The van der Waals surface area contributed by atoms with E-state index in [2.05, 4.69) is 43.5 Å². The van der Waals surface area contributed by atoms with E-state index in [9.17, 15) is 9.59 Å². The molecule has 148 valence electrons. The van der Waals surface area contributed by atoms with Gasteiger partial charge in [0.05, 0.1) is 6.04 Å². The van der Waals surface area contributed by atoms with Crippen LogP contribution in [0.1, 0.15) is 62.4 Å². The molecule has 2 fully saturated rings. The number of rotatable bonds is 4. The minimum Gasteiger partial charge on any atom is -0.354 e. The lowest BCUT2D eigenvalue weighted by atomic mass is 9.86. The molecule has 2 unspecified atom stereocenters. The Kier molecular flexibility index (Phi) is 6.20. The molecular formula is C22H33N3O2. The van der Waals surface area contributed by atoms with Crippen LogP contribution in [0.5, 0.6) is 0 Å². The maximum atomic E-state index is 12.9. The molecule has 3 rings (SSSR count). The van der Waals surface area contributed by atoms with Crippen molar-refractivity contribution in [1.29, 1.82) is 0 Å². The second kappa shape index (κ2) is 8.42. The van der Waals surface area contributed by atoms with Gasteiger partial charge in [0, 0.05) is 25.2 Å². The average Bonchev–Trinajstić information content (AvgIpc) is 3.20. The van der Waals surface area contributed by atoms with E-state index in [1.807, 2.05) is 17.0 Å². The summed E-state index contributed by atoms with van der Waals surface area (Å²) in [4.78, 5) is 27.0. The zero-order valence-corrected chi connectivity index (χ0v) is 16.9. The number of piperidine rings is 1. The van der Waals surface area contributed by atoms with Gasteiger partial charge >= 0.3 is 0 Å². The SMILES string of the molecule is CC(C)(C)c1ccc(C(=O)N2CCCC(CNC(=O)C3CCCN3)C2)cc1.